The standard InChI is InChI=1S/C65H115N11O13/c1-26-29-30-43(16)54(78)53-58(82)68-46(28-3)60(84)70(19)36-51(77)71(20)47(32-37(4)5)57(81)69-52(41(12)13)63(87)72(21)48(33-38(6)7)56(80)66-44(17)55(79)67-45(18)59(83)73(22)49(34-39(8)9)61(85)74(23)50(35-40(10)11)62(86)76(25)65(42(14)15,89-31-27-2)64(88)75(53)24/h26-27,29,37-50,52-54,78H,2,28,30-36H2,1,3-25H3,(H,66,80)(H,67,79)(H,68,82)(H,69,81)/b29-26+/t43-,44+,45-,46+,47+,48+,49+,50+,52+,53+,54-,65+/m1/s1. The predicted molar refractivity (Wildman–Crippen MR) is 344 cm³/mol. The Kier molecular flexibility index (Phi) is 33.0. The highest BCUT2D eigenvalue weighted by Gasteiger charge is 2.55. The number of amides is 11. The van der Waals surface area contributed by atoms with E-state index in [4.69, 9.17) is 4.74 Å². The molecule has 1 aliphatic rings. The maximum atomic E-state index is 15.8. The lowest BCUT2D eigenvalue weighted by Crippen LogP contribution is -2.70. The molecule has 1 fully saturated rings. The van der Waals surface area contributed by atoms with Crippen molar-refractivity contribution in [2.75, 3.05) is 62.5 Å². The third-order valence-electron chi connectivity index (χ3n) is 16.7. The highest BCUT2D eigenvalue weighted by Crippen LogP contribution is 2.33. The molecule has 12 atom stereocenters. The zero-order valence-electron chi connectivity index (χ0n) is 58.4. The average molecular weight is 1260 g/mol. The molecule has 0 bridgehead atoms. The Morgan fingerprint density at radius 2 is 1.01 bits per heavy atom. The molecule has 0 aromatic heterocycles. The normalized spacial score (nSPS) is 27.0. The largest absolute Gasteiger partial charge is 0.390 e. The number of carbonyl (C=O) groups excluding carboxylic acids is 11. The first-order chi connectivity index (χ1) is 41.1. The second kappa shape index (κ2) is 36.4. The third kappa shape index (κ3) is 21.6. The van der Waals surface area contributed by atoms with Crippen molar-refractivity contribution in [3.05, 3.63) is 24.8 Å². The van der Waals surface area contributed by atoms with Gasteiger partial charge in [0.1, 0.15) is 54.4 Å². The molecule has 0 aromatic carbocycles. The van der Waals surface area contributed by atoms with E-state index in [1.165, 1.54) is 88.9 Å². The monoisotopic (exact) mass is 1260 g/mol. The number of hydrogen-bond acceptors (Lipinski definition) is 13. The number of aliphatic hydroxyl groups is 1. The van der Waals surface area contributed by atoms with E-state index in [0.29, 0.717) is 0 Å². The molecule has 1 saturated heterocycles. The summed E-state index contributed by atoms with van der Waals surface area (Å²) in [5.41, 5.74) is -2.26. The molecule has 0 spiro atoms. The van der Waals surface area contributed by atoms with Gasteiger partial charge in [0.05, 0.1) is 19.3 Å². The second-order valence-corrected chi connectivity index (χ2v) is 26.8. The molecular weight excluding hydrogens is 1140 g/mol. The fourth-order valence-electron chi connectivity index (χ4n) is 11.1. The summed E-state index contributed by atoms with van der Waals surface area (Å²) in [6, 6.07) is -11.5. The van der Waals surface area contributed by atoms with Crippen LogP contribution in [0.5, 0.6) is 0 Å². The molecule has 5 N–H and O–H groups in total. The van der Waals surface area contributed by atoms with Crippen molar-refractivity contribution in [1.29, 1.82) is 0 Å². The van der Waals surface area contributed by atoms with Crippen LogP contribution in [0.25, 0.3) is 0 Å². The van der Waals surface area contributed by atoms with Crippen molar-refractivity contribution in [2.45, 2.75) is 222 Å². The van der Waals surface area contributed by atoms with Crippen molar-refractivity contribution in [3.8, 4) is 0 Å². The molecule has 1 aliphatic heterocycles. The lowest BCUT2D eigenvalue weighted by molar-refractivity contribution is -0.206. The molecule has 0 aromatic rings. The van der Waals surface area contributed by atoms with Gasteiger partial charge in [-0.15, -0.1) is 6.58 Å². The number of likely N-dealkylation sites (N-methyl/N-ethyl adjacent to an activating group) is 7. The zero-order valence-corrected chi connectivity index (χ0v) is 58.4. The van der Waals surface area contributed by atoms with Crippen LogP contribution in [0.1, 0.15) is 156 Å². The zero-order chi connectivity index (χ0) is 69.0. The molecule has 1 heterocycles. The van der Waals surface area contributed by atoms with Gasteiger partial charge >= 0.3 is 0 Å². The molecule has 0 radical (unpaired) electrons. The van der Waals surface area contributed by atoms with Crippen molar-refractivity contribution in [1.82, 2.24) is 55.6 Å². The Morgan fingerprint density at radius 3 is 1.47 bits per heavy atom. The van der Waals surface area contributed by atoms with Gasteiger partial charge in [-0.25, -0.2) is 0 Å². The number of nitrogens with zero attached hydrogens (tertiary/aromatic N) is 7. The molecule has 0 unspecified atom stereocenters. The first kappa shape index (κ1) is 80.6. The molecule has 24 heteroatoms. The molecule has 11 amide bonds. The maximum Gasteiger partial charge on any atom is 0.276 e. The number of nitrogens with one attached hydrogen (secondary N) is 4. The first-order valence-corrected chi connectivity index (χ1v) is 31.8. The molecule has 0 aliphatic carbocycles. The third-order valence-corrected chi connectivity index (χ3v) is 16.7. The lowest BCUT2D eigenvalue weighted by atomic mass is 9.89. The van der Waals surface area contributed by atoms with Crippen molar-refractivity contribution in [2.24, 2.45) is 41.4 Å². The number of rotatable bonds is 18. The van der Waals surface area contributed by atoms with Crippen molar-refractivity contribution < 1.29 is 62.6 Å². The van der Waals surface area contributed by atoms with Gasteiger partial charge in [0.15, 0.2) is 0 Å². The summed E-state index contributed by atoms with van der Waals surface area (Å²) in [5, 5.41) is 23.3. The Bertz CT molecular complexity index is 2470. The summed E-state index contributed by atoms with van der Waals surface area (Å²) in [6.07, 6.45) is 4.07. The maximum absolute atomic E-state index is 15.8. The van der Waals surface area contributed by atoms with Gasteiger partial charge in [0.2, 0.25) is 64.8 Å². The van der Waals surface area contributed by atoms with Crippen LogP contribution in [0.3, 0.4) is 0 Å². The van der Waals surface area contributed by atoms with Gasteiger partial charge in [-0.05, 0) is 94.8 Å². The van der Waals surface area contributed by atoms with Gasteiger partial charge in [0.25, 0.3) is 5.91 Å². The number of allylic oxidation sites excluding steroid dienone is 2. The van der Waals surface area contributed by atoms with Gasteiger partial charge < -0.3 is 65.4 Å². The van der Waals surface area contributed by atoms with E-state index in [9.17, 15) is 38.7 Å². The Hall–Kier alpha value is -6.43. The fraction of sp³-hybridized carbons (Fsp3) is 0.769. The van der Waals surface area contributed by atoms with Gasteiger partial charge in [-0.1, -0.05) is 115 Å². The number of aliphatic hydroxyl groups excluding tert-OH is 1. The summed E-state index contributed by atoms with van der Waals surface area (Å²) in [5.74, 6) is -10.8. The minimum absolute atomic E-state index is 0.0151. The molecular formula is C65H115N11O13. The highest BCUT2D eigenvalue weighted by molar-refractivity contribution is 6.00. The number of carbonyl (C=O) groups is 11. The van der Waals surface area contributed by atoms with E-state index < -0.39 is 155 Å². The Labute approximate surface area is 532 Å². The van der Waals surface area contributed by atoms with Crippen LogP contribution >= 0.6 is 0 Å². The molecule has 89 heavy (non-hydrogen) atoms. The van der Waals surface area contributed by atoms with Crippen LogP contribution in [-0.2, 0) is 57.5 Å². The van der Waals surface area contributed by atoms with E-state index in [1.54, 1.807) is 60.6 Å². The minimum Gasteiger partial charge on any atom is -0.390 e. The SMILES string of the molecule is C=CCO[C@@]1(C(C)C)C(=O)N(C)[C@@H]([C@H](O)[C@H](C)C/C=C/C)C(=O)N[C@@H](CC)C(=O)N(C)CC(=O)N(C)[C@@H](CC(C)C)C(=O)N[C@@H](C(C)C)C(=O)N(C)[C@@H](CC(C)C)C(=O)N[C@@H](C)C(=O)N[C@H](C)C(=O)N(C)[C@@H](CC(C)C)C(=O)N(C)[C@@H](CC(C)C)C(=O)N1C. The van der Waals surface area contributed by atoms with Gasteiger partial charge in [-0.2, -0.15) is 0 Å². The lowest BCUT2D eigenvalue weighted by Gasteiger charge is -2.48. The number of hydrogen-bond donors (Lipinski definition) is 5. The van der Waals surface area contributed by atoms with Crippen LogP contribution in [0, 0.1) is 41.4 Å². The second-order valence-electron chi connectivity index (χ2n) is 26.8. The summed E-state index contributed by atoms with van der Waals surface area (Å²) >= 11 is 0. The van der Waals surface area contributed by atoms with E-state index >= 15 is 19.2 Å². The molecule has 0 saturated carbocycles. The summed E-state index contributed by atoms with van der Waals surface area (Å²) in [4.78, 5) is 170. The van der Waals surface area contributed by atoms with E-state index in [2.05, 4.69) is 27.8 Å². The van der Waals surface area contributed by atoms with Crippen LogP contribution in [0.2, 0.25) is 0 Å². The Balaban J connectivity index is 4.50. The fourth-order valence-corrected chi connectivity index (χ4v) is 11.1. The van der Waals surface area contributed by atoms with Crippen LogP contribution < -0.4 is 21.3 Å². The number of ether oxygens (including phenoxy) is 1. The smallest absolute Gasteiger partial charge is 0.276 e. The predicted octanol–water partition coefficient (Wildman–Crippen LogP) is 3.80. The minimum atomic E-state index is -2.26. The van der Waals surface area contributed by atoms with E-state index in [-0.39, 0.29) is 68.8 Å². The summed E-state index contributed by atoms with van der Waals surface area (Å²) in [7, 11) is 9.70. The quantitative estimate of drug-likeness (QED) is 0.122. The summed E-state index contributed by atoms with van der Waals surface area (Å²) < 4.78 is 6.47. The molecule has 508 valence electrons. The van der Waals surface area contributed by atoms with Crippen molar-refractivity contribution >= 4 is 65.0 Å². The average Bonchev–Trinajstić information content (AvgIpc) is 0.784. The Morgan fingerprint density at radius 1 is 0.562 bits per heavy atom. The first-order valence-electron chi connectivity index (χ1n) is 31.8. The molecule has 24 nitrogen and oxygen atoms in total. The van der Waals surface area contributed by atoms with Crippen LogP contribution in [0.15, 0.2) is 24.8 Å². The highest BCUT2D eigenvalue weighted by atomic mass is 16.5. The van der Waals surface area contributed by atoms with E-state index in [0.717, 1.165) is 14.7 Å². The van der Waals surface area contributed by atoms with Crippen molar-refractivity contribution in [3.63, 3.8) is 0 Å². The molecule has 1 rings (SSSR count). The van der Waals surface area contributed by atoms with E-state index in [1.807, 2.05) is 55.4 Å². The van der Waals surface area contributed by atoms with Gasteiger partial charge in [-0.3, -0.25) is 52.7 Å². The van der Waals surface area contributed by atoms with Gasteiger partial charge in [0, 0.05) is 55.3 Å². The van der Waals surface area contributed by atoms with Crippen LogP contribution in [-0.4, -0.2) is 233 Å². The topological polar surface area (TPSA) is 288 Å². The van der Waals surface area contributed by atoms with Crippen LogP contribution in [0.4, 0.5) is 0 Å². The summed E-state index contributed by atoms with van der Waals surface area (Å²) in [6.45, 7) is 32.5.